The Bertz CT molecular complexity index is 570. The number of nitrogens with zero attached hydrogens (tertiary/aromatic N) is 1. The third kappa shape index (κ3) is 2.82. The Labute approximate surface area is 115 Å². The van der Waals surface area contributed by atoms with Gasteiger partial charge in [-0.3, -0.25) is 4.98 Å². The highest BCUT2D eigenvalue weighted by atomic mass is 79.9. The van der Waals surface area contributed by atoms with Gasteiger partial charge in [-0.15, -0.1) is 0 Å². The van der Waals surface area contributed by atoms with Crippen LogP contribution in [0.5, 0.6) is 11.5 Å². The Morgan fingerprint density at radius 3 is 2.72 bits per heavy atom. The van der Waals surface area contributed by atoms with Gasteiger partial charge in [-0.1, -0.05) is 22.9 Å². The number of anilines is 1. The van der Waals surface area contributed by atoms with E-state index >= 15 is 0 Å². The summed E-state index contributed by atoms with van der Waals surface area (Å²) in [6.07, 6.45) is 0.824. The van der Waals surface area contributed by atoms with E-state index in [1.165, 1.54) is 0 Å². The number of hydrogen-bond acceptors (Lipinski definition) is 3. The van der Waals surface area contributed by atoms with Crippen molar-refractivity contribution in [2.24, 2.45) is 0 Å². The quantitative estimate of drug-likeness (QED) is 0.869. The van der Waals surface area contributed by atoms with Crippen molar-refractivity contribution >= 4 is 21.6 Å². The summed E-state index contributed by atoms with van der Waals surface area (Å²) in [6, 6.07) is 9.42. The van der Waals surface area contributed by atoms with Crippen molar-refractivity contribution in [1.29, 1.82) is 0 Å². The lowest BCUT2D eigenvalue weighted by molar-refractivity contribution is 0.475. The number of rotatable bonds is 3. The third-order valence-corrected chi connectivity index (χ3v) is 3.10. The molecule has 0 aliphatic heterocycles. The van der Waals surface area contributed by atoms with E-state index in [4.69, 9.17) is 10.5 Å². The van der Waals surface area contributed by atoms with Crippen LogP contribution in [0.25, 0.3) is 0 Å². The summed E-state index contributed by atoms with van der Waals surface area (Å²) >= 11 is 3.41. The summed E-state index contributed by atoms with van der Waals surface area (Å²) in [5.74, 6) is 1.40. The van der Waals surface area contributed by atoms with Gasteiger partial charge in [0, 0.05) is 10.2 Å². The van der Waals surface area contributed by atoms with Crippen LogP contribution in [0.1, 0.15) is 18.3 Å². The van der Waals surface area contributed by atoms with E-state index in [0.717, 1.165) is 28.0 Å². The fourth-order valence-electron chi connectivity index (χ4n) is 1.66. The van der Waals surface area contributed by atoms with Crippen LogP contribution in [0.15, 0.2) is 34.8 Å². The van der Waals surface area contributed by atoms with Gasteiger partial charge >= 0.3 is 0 Å². The van der Waals surface area contributed by atoms with Crippen LogP contribution in [0.2, 0.25) is 0 Å². The van der Waals surface area contributed by atoms with E-state index in [-0.39, 0.29) is 0 Å². The molecule has 0 spiro atoms. The molecule has 0 aliphatic carbocycles. The molecule has 2 N–H and O–H groups in total. The lowest BCUT2D eigenvalue weighted by Gasteiger charge is -2.12. The second-order valence-corrected chi connectivity index (χ2v) is 4.95. The largest absolute Gasteiger partial charge is 0.453 e. The van der Waals surface area contributed by atoms with Crippen molar-refractivity contribution in [3.05, 3.63) is 46.2 Å². The topological polar surface area (TPSA) is 48.1 Å². The molecule has 0 amide bonds. The number of nitrogens with two attached hydrogens (primary N) is 1. The minimum Gasteiger partial charge on any atom is -0.453 e. The number of aryl methyl sites for hydroxylation is 2. The van der Waals surface area contributed by atoms with E-state index < -0.39 is 0 Å². The van der Waals surface area contributed by atoms with E-state index in [1.807, 2.05) is 37.3 Å². The standard InChI is InChI=1S/C14H15BrN2O/c1-3-12-13(7-4-9(2)17-12)18-14-8-10(15)5-6-11(14)16/h4-8H,3,16H2,1-2H3. The van der Waals surface area contributed by atoms with Crippen molar-refractivity contribution in [2.45, 2.75) is 20.3 Å². The molecule has 3 nitrogen and oxygen atoms in total. The van der Waals surface area contributed by atoms with Gasteiger partial charge in [0.1, 0.15) is 5.75 Å². The Balaban J connectivity index is 2.36. The second-order valence-electron chi connectivity index (χ2n) is 4.04. The first-order valence-corrected chi connectivity index (χ1v) is 6.59. The molecule has 0 radical (unpaired) electrons. The zero-order valence-corrected chi connectivity index (χ0v) is 12.0. The van der Waals surface area contributed by atoms with Gasteiger partial charge in [-0.05, 0) is 43.7 Å². The maximum Gasteiger partial charge on any atom is 0.151 e. The van der Waals surface area contributed by atoms with Gasteiger partial charge < -0.3 is 10.5 Å². The first kappa shape index (κ1) is 12.9. The van der Waals surface area contributed by atoms with Crippen molar-refractivity contribution in [2.75, 3.05) is 5.73 Å². The molecule has 18 heavy (non-hydrogen) atoms. The fraction of sp³-hybridized carbons (Fsp3) is 0.214. The summed E-state index contributed by atoms with van der Waals surface area (Å²) in [6.45, 7) is 4.02. The zero-order valence-electron chi connectivity index (χ0n) is 10.4. The molecule has 2 rings (SSSR count). The first-order valence-electron chi connectivity index (χ1n) is 5.79. The number of halogens is 1. The van der Waals surface area contributed by atoms with Crippen molar-refractivity contribution in [1.82, 2.24) is 4.98 Å². The van der Waals surface area contributed by atoms with E-state index in [0.29, 0.717) is 11.4 Å². The highest BCUT2D eigenvalue weighted by molar-refractivity contribution is 9.10. The van der Waals surface area contributed by atoms with Gasteiger partial charge in [-0.2, -0.15) is 0 Å². The second kappa shape index (κ2) is 5.40. The highest BCUT2D eigenvalue weighted by Gasteiger charge is 2.08. The Hall–Kier alpha value is -1.55. The predicted octanol–water partition coefficient (Wildman–Crippen LogP) is 4.09. The average Bonchev–Trinajstić information content (AvgIpc) is 2.36. The molecule has 1 aromatic carbocycles. The third-order valence-electron chi connectivity index (χ3n) is 2.60. The van der Waals surface area contributed by atoms with Crippen LogP contribution in [0.4, 0.5) is 5.69 Å². The van der Waals surface area contributed by atoms with E-state index in [1.54, 1.807) is 0 Å². The zero-order chi connectivity index (χ0) is 13.1. The summed E-state index contributed by atoms with van der Waals surface area (Å²) in [4.78, 5) is 4.46. The predicted molar refractivity (Wildman–Crippen MR) is 77.0 cm³/mol. The minimum absolute atomic E-state index is 0.612. The van der Waals surface area contributed by atoms with Crippen molar-refractivity contribution < 1.29 is 4.74 Å². The summed E-state index contributed by atoms with van der Waals surface area (Å²) < 4.78 is 6.78. The maximum atomic E-state index is 5.89. The van der Waals surface area contributed by atoms with Gasteiger partial charge in [0.25, 0.3) is 0 Å². The highest BCUT2D eigenvalue weighted by Crippen LogP contribution is 2.31. The van der Waals surface area contributed by atoms with Crippen LogP contribution in [-0.2, 0) is 6.42 Å². The molecule has 1 heterocycles. The molecule has 0 saturated carbocycles. The molecule has 0 bridgehead atoms. The van der Waals surface area contributed by atoms with E-state index in [9.17, 15) is 0 Å². The van der Waals surface area contributed by atoms with Crippen LogP contribution < -0.4 is 10.5 Å². The molecule has 4 heteroatoms. The lowest BCUT2D eigenvalue weighted by atomic mass is 10.2. The monoisotopic (exact) mass is 306 g/mol. The number of benzene rings is 1. The number of nitrogen functional groups attached to an aromatic ring is 1. The maximum absolute atomic E-state index is 5.89. The lowest BCUT2D eigenvalue weighted by Crippen LogP contribution is -1.97. The normalized spacial score (nSPS) is 10.4. The Kier molecular flexibility index (Phi) is 3.87. The van der Waals surface area contributed by atoms with Gasteiger partial charge in [0.05, 0.1) is 11.4 Å². The molecular formula is C14H15BrN2O. The van der Waals surface area contributed by atoms with Gasteiger partial charge in [-0.25, -0.2) is 0 Å². The summed E-state index contributed by atoms with van der Waals surface area (Å²) in [5.41, 5.74) is 8.43. The molecule has 0 fully saturated rings. The van der Waals surface area contributed by atoms with Gasteiger partial charge in [0.15, 0.2) is 5.75 Å². The number of pyridine rings is 1. The van der Waals surface area contributed by atoms with Crippen LogP contribution in [0.3, 0.4) is 0 Å². The van der Waals surface area contributed by atoms with Crippen molar-refractivity contribution in [3.8, 4) is 11.5 Å². The smallest absolute Gasteiger partial charge is 0.151 e. The number of hydrogen-bond donors (Lipinski definition) is 1. The number of ether oxygens (including phenoxy) is 1. The van der Waals surface area contributed by atoms with Crippen LogP contribution in [-0.4, -0.2) is 4.98 Å². The molecular weight excluding hydrogens is 292 g/mol. The SMILES string of the molecule is CCc1nc(C)ccc1Oc1cc(Br)ccc1N. The molecule has 0 aliphatic rings. The van der Waals surface area contributed by atoms with Gasteiger partial charge in [0.2, 0.25) is 0 Å². The molecule has 2 aromatic rings. The fourth-order valence-corrected chi connectivity index (χ4v) is 2.00. The molecule has 0 unspecified atom stereocenters. The van der Waals surface area contributed by atoms with Crippen LogP contribution in [0, 0.1) is 6.92 Å². The molecule has 0 saturated heterocycles. The Morgan fingerprint density at radius 1 is 1.22 bits per heavy atom. The minimum atomic E-state index is 0.612. The van der Waals surface area contributed by atoms with Crippen molar-refractivity contribution in [3.63, 3.8) is 0 Å². The molecule has 1 aromatic heterocycles. The summed E-state index contributed by atoms with van der Waals surface area (Å²) in [7, 11) is 0. The Morgan fingerprint density at radius 2 is 2.00 bits per heavy atom. The number of aromatic nitrogens is 1. The first-order chi connectivity index (χ1) is 8.60. The van der Waals surface area contributed by atoms with E-state index in [2.05, 4.69) is 27.8 Å². The molecule has 94 valence electrons. The summed E-state index contributed by atoms with van der Waals surface area (Å²) in [5, 5.41) is 0. The molecule has 0 atom stereocenters. The average molecular weight is 307 g/mol. The van der Waals surface area contributed by atoms with Crippen LogP contribution >= 0.6 is 15.9 Å².